The molecule has 0 aliphatic heterocycles. The highest BCUT2D eigenvalue weighted by Crippen LogP contribution is 2.27. The molecule has 96 valence electrons. The highest BCUT2D eigenvalue weighted by Gasteiger charge is 2.13. The van der Waals surface area contributed by atoms with Crippen LogP contribution in [0.2, 0.25) is 5.02 Å². The normalized spacial score (nSPS) is 12.5. The van der Waals surface area contributed by atoms with Crippen molar-refractivity contribution in [3.05, 3.63) is 39.2 Å². The van der Waals surface area contributed by atoms with Gasteiger partial charge in [0, 0.05) is 25.0 Å². The van der Waals surface area contributed by atoms with Crippen LogP contribution in [-0.4, -0.2) is 14.8 Å². The lowest BCUT2D eigenvalue weighted by atomic mass is 10.1. The van der Waals surface area contributed by atoms with Gasteiger partial charge in [0.2, 0.25) is 0 Å². The third-order valence-corrected chi connectivity index (χ3v) is 3.49. The first-order valence-corrected chi connectivity index (χ1v) is 6.72. The number of pyridine rings is 1. The molecule has 0 aliphatic rings. The van der Waals surface area contributed by atoms with Crippen molar-refractivity contribution in [3.63, 3.8) is 0 Å². The molecule has 0 amide bonds. The lowest BCUT2D eigenvalue weighted by Crippen LogP contribution is -2.08. The first kappa shape index (κ1) is 13.4. The fourth-order valence-corrected chi connectivity index (χ4v) is 2.60. The number of nitrogens with one attached hydrogen (secondary N) is 1. The Morgan fingerprint density at radius 3 is 2.78 bits per heavy atom. The summed E-state index contributed by atoms with van der Waals surface area (Å²) in [6.45, 7) is 4.07. The molecule has 0 saturated carbocycles. The molecule has 2 aromatic rings. The second kappa shape index (κ2) is 5.28. The summed E-state index contributed by atoms with van der Waals surface area (Å²) in [5.41, 5.74) is 2.17. The quantitative estimate of drug-likeness (QED) is 0.933. The summed E-state index contributed by atoms with van der Waals surface area (Å²) < 4.78 is 2.66. The van der Waals surface area contributed by atoms with Crippen molar-refractivity contribution in [2.45, 2.75) is 19.9 Å². The molecule has 0 saturated heterocycles. The predicted octanol–water partition coefficient (Wildman–Crippen LogP) is 3.71. The largest absolute Gasteiger partial charge is 0.362 e. The molecular weight excluding hydrogens is 316 g/mol. The van der Waals surface area contributed by atoms with E-state index >= 15 is 0 Å². The summed E-state index contributed by atoms with van der Waals surface area (Å²) in [7, 11) is 1.92. The van der Waals surface area contributed by atoms with Crippen LogP contribution in [0.25, 0.3) is 0 Å². The van der Waals surface area contributed by atoms with Crippen molar-refractivity contribution in [1.82, 2.24) is 14.8 Å². The van der Waals surface area contributed by atoms with E-state index in [0.29, 0.717) is 5.02 Å². The minimum atomic E-state index is 0.128. The van der Waals surface area contributed by atoms with Crippen LogP contribution in [0.3, 0.4) is 0 Å². The highest BCUT2D eigenvalue weighted by atomic mass is 79.9. The molecule has 0 aliphatic carbocycles. The van der Waals surface area contributed by atoms with Gasteiger partial charge in [-0.1, -0.05) is 11.6 Å². The van der Waals surface area contributed by atoms with Crippen molar-refractivity contribution in [2.24, 2.45) is 7.05 Å². The summed E-state index contributed by atoms with van der Waals surface area (Å²) in [5, 5.41) is 8.28. The molecule has 0 aromatic carbocycles. The van der Waals surface area contributed by atoms with Gasteiger partial charge < -0.3 is 5.32 Å². The summed E-state index contributed by atoms with van der Waals surface area (Å²) in [6, 6.07) is 1.95. The van der Waals surface area contributed by atoms with Crippen molar-refractivity contribution in [3.8, 4) is 0 Å². The summed E-state index contributed by atoms with van der Waals surface area (Å²) in [4.78, 5) is 4.26. The molecular formula is C12H14BrClN4. The van der Waals surface area contributed by atoms with E-state index in [0.717, 1.165) is 21.5 Å². The molecule has 2 aromatic heterocycles. The summed E-state index contributed by atoms with van der Waals surface area (Å²) in [6.07, 6.45) is 3.63. The maximum Gasteiger partial charge on any atom is 0.140 e. The van der Waals surface area contributed by atoms with Crippen LogP contribution in [-0.2, 0) is 7.05 Å². The zero-order valence-corrected chi connectivity index (χ0v) is 12.7. The first-order valence-electron chi connectivity index (χ1n) is 5.55. The van der Waals surface area contributed by atoms with Crippen molar-refractivity contribution >= 4 is 33.3 Å². The SMILES string of the molecule is Cc1nn(C)cc1[C@@H](C)Nc1ncc(Cl)cc1Br. The zero-order chi connectivity index (χ0) is 13.3. The number of aromatic nitrogens is 3. The van der Waals surface area contributed by atoms with Gasteiger partial charge in [-0.2, -0.15) is 5.10 Å². The molecule has 0 unspecified atom stereocenters. The molecule has 1 N–H and O–H groups in total. The Bertz CT molecular complexity index is 567. The van der Waals surface area contributed by atoms with Crippen LogP contribution in [0, 0.1) is 6.92 Å². The van der Waals surface area contributed by atoms with Crippen LogP contribution >= 0.6 is 27.5 Å². The maximum atomic E-state index is 5.87. The van der Waals surface area contributed by atoms with Gasteiger partial charge in [0.05, 0.1) is 21.2 Å². The fourth-order valence-electron chi connectivity index (χ4n) is 1.85. The summed E-state index contributed by atoms with van der Waals surface area (Å²) >= 11 is 9.31. The number of anilines is 1. The molecule has 0 fully saturated rings. The van der Waals surface area contributed by atoms with Gasteiger partial charge in [0.1, 0.15) is 5.82 Å². The van der Waals surface area contributed by atoms with Crippen molar-refractivity contribution in [2.75, 3.05) is 5.32 Å². The van der Waals surface area contributed by atoms with Gasteiger partial charge in [-0.3, -0.25) is 4.68 Å². The predicted molar refractivity (Wildman–Crippen MR) is 76.9 cm³/mol. The zero-order valence-electron chi connectivity index (χ0n) is 10.4. The minimum absolute atomic E-state index is 0.128. The number of nitrogens with zero attached hydrogens (tertiary/aromatic N) is 3. The third-order valence-electron chi connectivity index (χ3n) is 2.68. The van der Waals surface area contributed by atoms with Gasteiger partial charge >= 0.3 is 0 Å². The van der Waals surface area contributed by atoms with Gasteiger partial charge in [-0.05, 0) is 35.8 Å². The third kappa shape index (κ3) is 2.84. The van der Waals surface area contributed by atoms with E-state index in [9.17, 15) is 0 Å². The molecule has 1 atom stereocenters. The molecule has 2 heterocycles. The monoisotopic (exact) mass is 328 g/mol. The van der Waals surface area contributed by atoms with Gasteiger partial charge in [-0.15, -0.1) is 0 Å². The first-order chi connectivity index (χ1) is 8.47. The lowest BCUT2D eigenvalue weighted by Gasteiger charge is -2.15. The second-order valence-electron chi connectivity index (χ2n) is 4.19. The summed E-state index contributed by atoms with van der Waals surface area (Å²) in [5.74, 6) is 0.773. The van der Waals surface area contributed by atoms with E-state index in [4.69, 9.17) is 11.6 Å². The fraction of sp³-hybridized carbons (Fsp3) is 0.333. The Labute approximate surface area is 119 Å². The standard InChI is InChI=1S/C12H14BrClN4/c1-7(10-6-18(3)17-8(10)2)16-12-11(13)4-9(14)5-15-12/h4-7H,1-3H3,(H,15,16)/t7-/m1/s1. The Morgan fingerprint density at radius 2 is 2.22 bits per heavy atom. The van der Waals surface area contributed by atoms with Crippen LogP contribution in [0.1, 0.15) is 24.2 Å². The van der Waals surface area contributed by atoms with E-state index in [1.807, 2.05) is 30.9 Å². The lowest BCUT2D eigenvalue weighted by molar-refractivity contribution is 0.756. The van der Waals surface area contributed by atoms with Gasteiger partial charge in [0.15, 0.2) is 0 Å². The van der Waals surface area contributed by atoms with Crippen molar-refractivity contribution < 1.29 is 0 Å². The van der Waals surface area contributed by atoms with Crippen LogP contribution in [0.4, 0.5) is 5.82 Å². The number of aryl methyl sites for hydroxylation is 2. The molecule has 18 heavy (non-hydrogen) atoms. The minimum Gasteiger partial charge on any atom is -0.362 e. The number of rotatable bonds is 3. The number of hydrogen-bond donors (Lipinski definition) is 1. The molecule has 0 bridgehead atoms. The van der Waals surface area contributed by atoms with E-state index in [1.54, 1.807) is 6.20 Å². The Hall–Kier alpha value is -1.07. The van der Waals surface area contributed by atoms with E-state index in [-0.39, 0.29) is 6.04 Å². The average molecular weight is 330 g/mol. The van der Waals surface area contributed by atoms with Crippen LogP contribution < -0.4 is 5.32 Å². The highest BCUT2D eigenvalue weighted by molar-refractivity contribution is 9.10. The van der Waals surface area contributed by atoms with Gasteiger partial charge in [-0.25, -0.2) is 4.98 Å². The molecule has 6 heteroatoms. The smallest absolute Gasteiger partial charge is 0.140 e. The topological polar surface area (TPSA) is 42.7 Å². The Balaban J connectivity index is 2.21. The van der Waals surface area contributed by atoms with E-state index in [2.05, 4.69) is 38.3 Å². The molecule has 2 rings (SSSR count). The van der Waals surface area contributed by atoms with Crippen LogP contribution in [0.15, 0.2) is 22.9 Å². The van der Waals surface area contributed by atoms with E-state index < -0.39 is 0 Å². The van der Waals surface area contributed by atoms with Crippen molar-refractivity contribution in [1.29, 1.82) is 0 Å². The molecule has 0 spiro atoms. The van der Waals surface area contributed by atoms with Gasteiger partial charge in [0.25, 0.3) is 0 Å². The number of halogens is 2. The second-order valence-corrected chi connectivity index (χ2v) is 5.48. The average Bonchev–Trinajstić information content (AvgIpc) is 2.62. The molecule has 4 nitrogen and oxygen atoms in total. The molecule has 0 radical (unpaired) electrons. The number of hydrogen-bond acceptors (Lipinski definition) is 3. The van der Waals surface area contributed by atoms with Crippen LogP contribution in [0.5, 0.6) is 0 Å². The Morgan fingerprint density at radius 1 is 1.50 bits per heavy atom. The Kier molecular flexibility index (Phi) is 3.92. The maximum absolute atomic E-state index is 5.87. The van der Waals surface area contributed by atoms with E-state index in [1.165, 1.54) is 0 Å².